The zero-order chi connectivity index (χ0) is 22.6. The van der Waals surface area contributed by atoms with Gasteiger partial charge < -0.3 is 10.4 Å². The fourth-order valence-electron chi connectivity index (χ4n) is 3.36. The summed E-state index contributed by atoms with van der Waals surface area (Å²) in [5.41, 5.74) is 0.960. The van der Waals surface area contributed by atoms with E-state index < -0.39 is 5.60 Å². The topological polar surface area (TPSA) is 88.0 Å². The number of anilines is 2. The van der Waals surface area contributed by atoms with Crippen LogP contribution in [0.15, 0.2) is 42.7 Å². The van der Waals surface area contributed by atoms with E-state index in [0.717, 1.165) is 27.0 Å². The number of aliphatic hydroxyl groups is 1. The van der Waals surface area contributed by atoms with E-state index in [1.54, 1.807) is 31.4 Å². The molecule has 164 valence electrons. The molecule has 1 atom stereocenters. The molecule has 0 aromatic carbocycles. The van der Waals surface area contributed by atoms with Gasteiger partial charge in [0.2, 0.25) is 0 Å². The summed E-state index contributed by atoms with van der Waals surface area (Å²) in [6.07, 6.45) is 4.12. The standard InChI is InChI=1S/C24H30N4O2S/c1-15(2)18(12-17(29)13-24(4,5)30)23-26-14-20(31-23)19-7-6-8-21(27-19)28-22-11-16(3)9-10-25-22/h6-11,14-15,18,30H,12-13H2,1-5H3,(H,25,27,28). The molecule has 0 aliphatic carbocycles. The number of carbonyl (C=O) groups excluding carboxylic acids is 1. The van der Waals surface area contributed by atoms with Gasteiger partial charge >= 0.3 is 0 Å². The first-order chi connectivity index (χ1) is 14.6. The van der Waals surface area contributed by atoms with Crippen molar-refractivity contribution in [2.75, 3.05) is 5.32 Å². The second kappa shape index (κ2) is 9.66. The molecule has 2 N–H and O–H groups in total. The minimum atomic E-state index is -0.990. The van der Waals surface area contributed by atoms with Crippen LogP contribution in [0.4, 0.5) is 11.6 Å². The lowest BCUT2D eigenvalue weighted by molar-refractivity contribution is -0.123. The summed E-state index contributed by atoms with van der Waals surface area (Å²) < 4.78 is 0. The number of rotatable bonds is 9. The summed E-state index contributed by atoms with van der Waals surface area (Å²) in [5, 5.41) is 14.1. The number of aromatic nitrogens is 3. The Morgan fingerprint density at radius 3 is 2.65 bits per heavy atom. The third kappa shape index (κ3) is 6.67. The Balaban J connectivity index is 1.78. The van der Waals surface area contributed by atoms with Crippen LogP contribution in [0.5, 0.6) is 0 Å². The fourth-order valence-corrected chi connectivity index (χ4v) is 4.52. The molecule has 31 heavy (non-hydrogen) atoms. The average Bonchev–Trinajstić information content (AvgIpc) is 3.14. The molecular formula is C24H30N4O2S. The van der Waals surface area contributed by atoms with Crippen LogP contribution >= 0.6 is 11.3 Å². The maximum absolute atomic E-state index is 12.5. The third-order valence-corrected chi connectivity index (χ3v) is 6.05. The van der Waals surface area contributed by atoms with E-state index in [1.165, 1.54) is 0 Å². The highest BCUT2D eigenvalue weighted by atomic mass is 32.1. The SMILES string of the molecule is Cc1ccnc(Nc2cccc(-c3cnc(C(CC(=O)CC(C)(C)O)C(C)C)s3)n2)c1. The van der Waals surface area contributed by atoms with Crippen LogP contribution in [0.2, 0.25) is 0 Å². The van der Waals surface area contributed by atoms with Crippen molar-refractivity contribution in [1.82, 2.24) is 15.0 Å². The van der Waals surface area contributed by atoms with Gasteiger partial charge in [0.15, 0.2) is 0 Å². The highest BCUT2D eigenvalue weighted by molar-refractivity contribution is 7.15. The van der Waals surface area contributed by atoms with Crippen molar-refractivity contribution in [1.29, 1.82) is 0 Å². The summed E-state index contributed by atoms with van der Waals surface area (Å²) in [6.45, 7) is 9.54. The molecule has 0 aliphatic heterocycles. The van der Waals surface area contributed by atoms with Gasteiger partial charge in [0.25, 0.3) is 0 Å². The summed E-state index contributed by atoms with van der Waals surface area (Å²) in [5.74, 6) is 1.80. The molecule has 7 heteroatoms. The maximum Gasteiger partial charge on any atom is 0.136 e. The number of aryl methyl sites for hydroxylation is 1. The van der Waals surface area contributed by atoms with Crippen LogP contribution < -0.4 is 5.32 Å². The minimum Gasteiger partial charge on any atom is -0.390 e. The molecule has 0 fully saturated rings. The molecule has 0 saturated heterocycles. The molecule has 0 saturated carbocycles. The molecule has 3 rings (SSSR count). The van der Waals surface area contributed by atoms with Crippen molar-refractivity contribution >= 4 is 28.8 Å². The quantitative estimate of drug-likeness (QED) is 0.458. The molecule has 6 nitrogen and oxygen atoms in total. The number of hydrogen-bond acceptors (Lipinski definition) is 7. The lowest BCUT2D eigenvalue weighted by Gasteiger charge is -2.21. The van der Waals surface area contributed by atoms with E-state index in [4.69, 9.17) is 4.98 Å². The molecular weight excluding hydrogens is 408 g/mol. The fraction of sp³-hybridized carbons (Fsp3) is 0.417. The first kappa shape index (κ1) is 23.0. The van der Waals surface area contributed by atoms with Gasteiger partial charge in [-0.25, -0.2) is 15.0 Å². The summed E-state index contributed by atoms with van der Waals surface area (Å²) in [7, 11) is 0. The van der Waals surface area contributed by atoms with Crippen molar-refractivity contribution in [3.05, 3.63) is 53.3 Å². The first-order valence-corrected chi connectivity index (χ1v) is 11.3. The highest BCUT2D eigenvalue weighted by Crippen LogP contribution is 2.35. The van der Waals surface area contributed by atoms with E-state index in [1.807, 2.05) is 43.5 Å². The number of carbonyl (C=O) groups is 1. The second-order valence-corrected chi connectivity index (χ2v) is 9.96. The van der Waals surface area contributed by atoms with Crippen molar-refractivity contribution in [2.24, 2.45) is 5.92 Å². The second-order valence-electron chi connectivity index (χ2n) is 8.90. The molecule has 3 aromatic rings. The number of pyridine rings is 2. The molecule has 0 amide bonds. The third-order valence-electron chi connectivity index (χ3n) is 4.90. The van der Waals surface area contributed by atoms with Gasteiger partial charge in [-0.15, -0.1) is 11.3 Å². The Labute approximate surface area is 187 Å². The smallest absolute Gasteiger partial charge is 0.136 e. The normalized spacial score (nSPS) is 12.7. The Hall–Kier alpha value is -2.64. The van der Waals surface area contributed by atoms with E-state index in [2.05, 4.69) is 29.1 Å². The van der Waals surface area contributed by atoms with Crippen molar-refractivity contribution in [3.63, 3.8) is 0 Å². The van der Waals surface area contributed by atoms with Gasteiger partial charge in [0, 0.05) is 31.2 Å². The van der Waals surface area contributed by atoms with Gasteiger partial charge in [-0.3, -0.25) is 4.79 Å². The van der Waals surface area contributed by atoms with E-state index in [0.29, 0.717) is 12.2 Å². The van der Waals surface area contributed by atoms with Gasteiger partial charge in [0.05, 0.1) is 21.2 Å². The minimum absolute atomic E-state index is 0.0198. The highest BCUT2D eigenvalue weighted by Gasteiger charge is 2.26. The molecule has 1 unspecified atom stereocenters. The largest absolute Gasteiger partial charge is 0.390 e. The zero-order valence-electron chi connectivity index (χ0n) is 18.7. The Morgan fingerprint density at radius 1 is 1.19 bits per heavy atom. The summed E-state index contributed by atoms with van der Waals surface area (Å²) in [6, 6.07) is 9.73. The lowest BCUT2D eigenvalue weighted by atomic mass is 9.88. The molecule has 0 radical (unpaired) electrons. The molecule has 0 bridgehead atoms. The molecule has 3 aromatic heterocycles. The predicted octanol–water partition coefficient (Wildman–Crippen LogP) is 5.51. The molecule has 0 spiro atoms. The first-order valence-electron chi connectivity index (χ1n) is 10.5. The van der Waals surface area contributed by atoms with Crippen LogP contribution in [0.3, 0.4) is 0 Å². The number of nitrogens with one attached hydrogen (secondary N) is 1. The summed E-state index contributed by atoms with van der Waals surface area (Å²) >= 11 is 1.57. The number of nitrogens with zero attached hydrogens (tertiary/aromatic N) is 3. The van der Waals surface area contributed by atoms with E-state index in [9.17, 15) is 9.90 Å². The number of thiazole rings is 1. The van der Waals surface area contributed by atoms with Crippen molar-refractivity contribution in [3.8, 4) is 10.6 Å². The average molecular weight is 439 g/mol. The number of hydrogen-bond donors (Lipinski definition) is 2. The summed E-state index contributed by atoms with van der Waals surface area (Å²) in [4.78, 5) is 27.1. The van der Waals surface area contributed by atoms with Gasteiger partial charge in [-0.1, -0.05) is 19.9 Å². The number of Topliss-reactive ketones (excluding diaryl/α,β-unsaturated/α-hetero) is 1. The molecule has 3 heterocycles. The maximum atomic E-state index is 12.5. The van der Waals surface area contributed by atoms with Crippen LogP contribution in [0.25, 0.3) is 10.6 Å². The van der Waals surface area contributed by atoms with Gasteiger partial charge in [-0.05, 0) is 56.5 Å². The van der Waals surface area contributed by atoms with Gasteiger partial charge in [0.1, 0.15) is 17.4 Å². The van der Waals surface area contributed by atoms with Crippen LogP contribution in [-0.2, 0) is 4.79 Å². The van der Waals surface area contributed by atoms with E-state index >= 15 is 0 Å². The number of ketones is 1. The predicted molar refractivity (Wildman–Crippen MR) is 126 cm³/mol. The Kier molecular flexibility index (Phi) is 7.18. The van der Waals surface area contributed by atoms with Crippen molar-refractivity contribution in [2.45, 2.75) is 59.0 Å². The zero-order valence-corrected chi connectivity index (χ0v) is 19.5. The molecule has 0 aliphatic rings. The van der Waals surface area contributed by atoms with Crippen LogP contribution in [0, 0.1) is 12.8 Å². The van der Waals surface area contributed by atoms with Gasteiger partial charge in [-0.2, -0.15) is 0 Å². The lowest BCUT2D eigenvalue weighted by Crippen LogP contribution is -2.25. The Bertz CT molecular complexity index is 1040. The Morgan fingerprint density at radius 2 is 1.97 bits per heavy atom. The van der Waals surface area contributed by atoms with E-state index in [-0.39, 0.29) is 24.0 Å². The van der Waals surface area contributed by atoms with Crippen LogP contribution in [0.1, 0.15) is 57.0 Å². The monoisotopic (exact) mass is 438 g/mol. The van der Waals surface area contributed by atoms with Crippen molar-refractivity contribution < 1.29 is 9.90 Å². The van der Waals surface area contributed by atoms with Crippen LogP contribution in [-0.4, -0.2) is 31.4 Å².